The van der Waals surface area contributed by atoms with Crippen LogP contribution >= 0.6 is 0 Å². The number of urea groups is 1. The number of hydrogen-bond donors (Lipinski definition) is 3. The van der Waals surface area contributed by atoms with Crippen molar-refractivity contribution in [2.75, 3.05) is 13.2 Å². The molecule has 1 aromatic carbocycles. The highest BCUT2D eigenvalue weighted by molar-refractivity contribution is 5.74. The number of carbonyl (C=O) groups excluding carboxylic acids is 1. The van der Waals surface area contributed by atoms with Gasteiger partial charge in [0.1, 0.15) is 0 Å². The predicted molar refractivity (Wildman–Crippen MR) is 79.6 cm³/mol. The van der Waals surface area contributed by atoms with Crippen LogP contribution in [-0.4, -0.2) is 33.8 Å². The maximum atomic E-state index is 11.8. The minimum Gasteiger partial charge on any atom is -0.394 e. The van der Waals surface area contributed by atoms with Crippen molar-refractivity contribution < 1.29 is 9.90 Å². The molecule has 0 bridgehead atoms. The summed E-state index contributed by atoms with van der Waals surface area (Å²) in [6.45, 7) is 1.24. The van der Waals surface area contributed by atoms with Crippen molar-refractivity contribution in [2.24, 2.45) is 0 Å². The van der Waals surface area contributed by atoms with Crippen molar-refractivity contribution in [3.05, 3.63) is 54.6 Å². The topological polar surface area (TPSA) is 79.2 Å². The number of aromatic nitrogens is 2. The molecule has 3 N–H and O–H groups in total. The molecule has 112 valence electrons. The van der Waals surface area contributed by atoms with Gasteiger partial charge in [-0.05, 0) is 12.0 Å². The van der Waals surface area contributed by atoms with Crippen LogP contribution in [0.15, 0.2) is 49.1 Å². The number of carbonyl (C=O) groups is 1. The van der Waals surface area contributed by atoms with Crippen molar-refractivity contribution in [3.8, 4) is 0 Å². The van der Waals surface area contributed by atoms with Gasteiger partial charge in [-0.1, -0.05) is 30.3 Å². The van der Waals surface area contributed by atoms with E-state index >= 15 is 0 Å². The molecule has 0 aliphatic heterocycles. The van der Waals surface area contributed by atoms with Gasteiger partial charge in [0.15, 0.2) is 0 Å². The summed E-state index contributed by atoms with van der Waals surface area (Å²) < 4.78 is 1.96. The van der Waals surface area contributed by atoms with E-state index in [0.29, 0.717) is 6.54 Å². The Labute approximate surface area is 123 Å². The molecular formula is C15H20N4O2. The van der Waals surface area contributed by atoms with E-state index in [1.807, 2.05) is 41.1 Å². The first-order valence-electron chi connectivity index (χ1n) is 6.95. The summed E-state index contributed by atoms with van der Waals surface area (Å²) in [5, 5.41) is 14.9. The maximum absolute atomic E-state index is 11.8. The van der Waals surface area contributed by atoms with E-state index in [9.17, 15) is 9.90 Å². The van der Waals surface area contributed by atoms with E-state index in [4.69, 9.17) is 0 Å². The lowest BCUT2D eigenvalue weighted by Crippen LogP contribution is -2.39. The average molecular weight is 288 g/mol. The molecule has 0 fully saturated rings. The average Bonchev–Trinajstić information content (AvgIpc) is 3.03. The van der Waals surface area contributed by atoms with Gasteiger partial charge in [-0.25, -0.2) is 9.78 Å². The van der Waals surface area contributed by atoms with Gasteiger partial charge in [0.2, 0.25) is 0 Å². The highest BCUT2D eigenvalue weighted by atomic mass is 16.3. The minimum absolute atomic E-state index is 0.132. The maximum Gasteiger partial charge on any atom is 0.315 e. The number of amides is 2. The first-order chi connectivity index (χ1) is 10.3. The van der Waals surface area contributed by atoms with E-state index in [1.54, 1.807) is 12.5 Å². The number of nitrogens with zero attached hydrogens (tertiary/aromatic N) is 2. The lowest BCUT2D eigenvalue weighted by atomic mass is 10.1. The summed E-state index contributed by atoms with van der Waals surface area (Å²) in [4.78, 5) is 15.8. The van der Waals surface area contributed by atoms with Gasteiger partial charge in [0.05, 0.1) is 19.0 Å². The summed E-state index contributed by atoms with van der Waals surface area (Å²) in [7, 11) is 0. The molecule has 1 heterocycles. The Bertz CT molecular complexity index is 528. The van der Waals surface area contributed by atoms with Crippen LogP contribution in [0.25, 0.3) is 0 Å². The Kier molecular flexibility index (Phi) is 5.78. The molecule has 6 nitrogen and oxygen atoms in total. The molecule has 0 radical (unpaired) electrons. The van der Waals surface area contributed by atoms with E-state index in [-0.39, 0.29) is 18.7 Å². The number of nitrogens with one attached hydrogen (secondary N) is 2. The quantitative estimate of drug-likeness (QED) is 0.672. The molecule has 1 unspecified atom stereocenters. The molecule has 0 aliphatic carbocycles. The normalized spacial score (nSPS) is 11.9. The molecule has 0 saturated heterocycles. The number of aryl methyl sites for hydroxylation is 1. The molecule has 2 rings (SSSR count). The van der Waals surface area contributed by atoms with Crippen LogP contribution in [0.3, 0.4) is 0 Å². The first-order valence-corrected chi connectivity index (χ1v) is 6.95. The highest BCUT2D eigenvalue weighted by Gasteiger charge is 2.12. The monoisotopic (exact) mass is 288 g/mol. The van der Waals surface area contributed by atoms with Crippen LogP contribution in [0.1, 0.15) is 18.0 Å². The number of aliphatic hydroxyl groups excluding tert-OH is 1. The fourth-order valence-electron chi connectivity index (χ4n) is 2.01. The number of hydrogen-bond acceptors (Lipinski definition) is 3. The standard InChI is InChI=1S/C15H20N4O2/c20-11-14(13-5-2-1-3-6-13)18-15(21)17-7-4-9-19-10-8-16-12-19/h1-3,5-6,8,10,12,14,20H,4,7,9,11H2,(H2,17,18,21). The number of aliphatic hydroxyl groups is 1. The second-order valence-electron chi connectivity index (χ2n) is 4.70. The van der Waals surface area contributed by atoms with Gasteiger partial charge in [-0.15, -0.1) is 0 Å². The largest absolute Gasteiger partial charge is 0.394 e. The van der Waals surface area contributed by atoms with Crippen LogP contribution in [0.4, 0.5) is 4.79 Å². The fourth-order valence-corrected chi connectivity index (χ4v) is 2.01. The Morgan fingerprint density at radius 3 is 2.81 bits per heavy atom. The van der Waals surface area contributed by atoms with Crippen molar-refractivity contribution in [3.63, 3.8) is 0 Å². The van der Waals surface area contributed by atoms with Gasteiger partial charge >= 0.3 is 6.03 Å². The number of benzene rings is 1. The van der Waals surface area contributed by atoms with E-state index in [0.717, 1.165) is 18.5 Å². The zero-order valence-electron chi connectivity index (χ0n) is 11.8. The predicted octanol–water partition coefficient (Wildman–Crippen LogP) is 1.31. The molecule has 1 aromatic heterocycles. The third kappa shape index (κ3) is 4.92. The van der Waals surface area contributed by atoms with Crippen LogP contribution < -0.4 is 10.6 Å². The second-order valence-corrected chi connectivity index (χ2v) is 4.70. The Hall–Kier alpha value is -2.34. The first kappa shape index (κ1) is 15.1. The molecule has 6 heteroatoms. The second kappa shape index (κ2) is 8.06. The van der Waals surface area contributed by atoms with E-state index in [1.165, 1.54) is 0 Å². The van der Waals surface area contributed by atoms with Crippen LogP contribution in [0, 0.1) is 0 Å². The SMILES string of the molecule is O=C(NCCCn1ccnc1)NC(CO)c1ccccc1. The highest BCUT2D eigenvalue weighted by Crippen LogP contribution is 2.10. The molecule has 2 amide bonds. The molecule has 0 aliphatic rings. The van der Waals surface area contributed by atoms with Crippen LogP contribution in [0.2, 0.25) is 0 Å². The lowest BCUT2D eigenvalue weighted by Gasteiger charge is -2.17. The van der Waals surface area contributed by atoms with Gasteiger partial charge in [-0.2, -0.15) is 0 Å². The van der Waals surface area contributed by atoms with Gasteiger partial charge in [-0.3, -0.25) is 0 Å². The summed E-state index contributed by atoms with van der Waals surface area (Å²) in [6.07, 6.45) is 6.18. The molecular weight excluding hydrogens is 268 g/mol. The number of rotatable bonds is 7. The summed E-state index contributed by atoms with van der Waals surface area (Å²) in [6, 6.07) is 8.74. The zero-order valence-corrected chi connectivity index (χ0v) is 11.8. The van der Waals surface area contributed by atoms with Crippen molar-refractivity contribution in [1.82, 2.24) is 20.2 Å². The van der Waals surface area contributed by atoms with Crippen molar-refractivity contribution >= 4 is 6.03 Å². The molecule has 0 spiro atoms. The van der Waals surface area contributed by atoms with Crippen LogP contribution in [0.5, 0.6) is 0 Å². The van der Waals surface area contributed by atoms with E-state index in [2.05, 4.69) is 15.6 Å². The van der Waals surface area contributed by atoms with Crippen molar-refractivity contribution in [2.45, 2.75) is 19.0 Å². The van der Waals surface area contributed by atoms with Gasteiger partial charge in [0.25, 0.3) is 0 Å². The fraction of sp³-hybridized carbons (Fsp3) is 0.333. The summed E-state index contributed by atoms with van der Waals surface area (Å²) >= 11 is 0. The lowest BCUT2D eigenvalue weighted by molar-refractivity contribution is 0.217. The van der Waals surface area contributed by atoms with Crippen LogP contribution in [-0.2, 0) is 6.54 Å². The smallest absolute Gasteiger partial charge is 0.315 e. The Balaban J connectivity index is 1.70. The molecule has 1 atom stereocenters. The zero-order chi connectivity index (χ0) is 14.9. The summed E-state index contributed by atoms with van der Waals surface area (Å²) in [5.41, 5.74) is 0.883. The van der Waals surface area contributed by atoms with Crippen molar-refractivity contribution in [1.29, 1.82) is 0 Å². The molecule has 21 heavy (non-hydrogen) atoms. The number of imidazole rings is 1. The third-order valence-corrected chi connectivity index (χ3v) is 3.13. The minimum atomic E-state index is -0.389. The Morgan fingerprint density at radius 2 is 2.14 bits per heavy atom. The molecule has 2 aromatic rings. The Morgan fingerprint density at radius 1 is 1.33 bits per heavy atom. The third-order valence-electron chi connectivity index (χ3n) is 3.13. The summed E-state index contributed by atoms with van der Waals surface area (Å²) in [5.74, 6) is 0. The van der Waals surface area contributed by atoms with E-state index < -0.39 is 0 Å². The molecule has 0 saturated carbocycles. The van der Waals surface area contributed by atoms with Gasteiger partial charge in [0, 0.05) is 25.5 Å². The van der Waals surface area contributed by atoms with Gasteiger partial charge < -0.3 is 20.3 Å².